The zero-order valence-corrected chi connectivity index (χ0v) is 22.1. The van der Waals surface area contributed by atoms with Gasteiger partial charge in [0, 0.05) is 16.6 Å². The second kappa shape index (κ2) is 7.73. The summed E-state index contributed by atoms with van der Waals surface area (Å²) in [5.74, 6) is 7.65. The normalized spacial score (nSPS) is 23.2. The second-order valence-corrected chi connectivity index (χ2v) is 11.8. The van der Waals surface area contributed by atoms with E-state index in [0.29, 0.717) is 5.92 Å². The Labute approximate surface area is 210 Å². The third-order valence-electron chi connectivity index (χ3n) is 9.28. The fraction of sp³-hybridized carbons (Fsp3) is 0.371. The van der Waals surface area contributed by atoms with Gasteiger partial charge in [0.1, 0.15) is 0 Å². The van der Waals surface area contributed by atoms with Crippen LogP contribution in [0.25, 0.3) is 28.9 Å². The van der Waals surface area contributed by atoms with Crippen molar-refractivity contribution in [1.82, 2.24) is 0 Å². The second-order valence-electron chi connectivity index (χ2n) is 11.8. The predicted octanol–water partition coefficient (Wildman–Crippen LogP) is 7.31. The molecule has 0 nitrogen and oxygen atoms in total. The van der Waals surface area contributed by atoms with Crippen molar-refractivity contribution in [1.29, 1.82) is 0 Å². The fourth-order valence-corrected chi connectivity index (χ4v) is 6.85. The van der Waals surface area contributed by atoms with E-state index in [2.05, 4.69) is 108 Å². The van der Waals surface area contributed by atoms with E-state index in [4.69, 9.17) is 0 Å². The number of rotatable bonds is 0. The van der Waals surface area contributed by atoms with Gasteiger partial charge in [0.15, 0.2) is 0 Å². The van der Waals surface area contributed by atoms with Gasteiger partial charge in [-0.15, -0.1) is 0 Å². The minimum absolute atomic E-state index is 0.0435. The molecule has 35 heavy (non-hydrogen) atoms. The first kappa shape index (κ1) is 22.4. The van der Waals surface area contributed by atoms with Gasteiger partial charge >= 0.3 is 0 Å². The van der Waals surface area contributed by atoms with Crippen LogP contribution in [-0.4, -0.2) is 0 Å². The minimum Gasteiger partial charge on any atom is -0.0842 e. The Bertz CT molecular complexity index is 1550. The van der Waals surface area contributed by atoms with Crippen molar-refractivity contribution in [3.8, 4) is 23.0 Å². The van der Waals surface area contributed by atoms with Crippen molar-refractivity contribution >= 4 is 17.7 Å². The molecule has 0 bridgehead atoms. The van der Waals surface area contributed by atoms with E-state index in [9.17, 15) is 0 Å². The Morgan fingerprint density at radius 1 is 0.857 bits per heavy atom. The molecule has 0 aromatic heterocycles. The summed E-state index contributed by atoms with van der Waals surface area (Å²) in [6, 6.07) is 7.51. The van der Waals surface area contributed by atoms with E-state index < -0.39 is 0 Å². The number of allylic oxidation sites excluding steroid dienone is 6. The Balaban J connectivity index is 1.63. The molecule has 0 saturated carbocycles. The number of hydrogen-bond donors (Lipinski definition) is 0. The average molecular weight is 457 g/mol. The van der Waals surface area contributed by atoms with Gasteiger partial charge in [-0.1, -0.05) is 82.9 Å². The number of hydrogen-bond acceptors (Lipinski definition) is 0. The van der Waals surface area contributed by atoms with Gasteiger partial charge in [0.2, 0.25) is 0 Å². The highest BCUT2D eigenvalue weighted by atomic mass is 14.5. The van der Waals surface area contributed by atoms with Crippen LogP contribution in [0.4, 0.5) is 0 Å². The molecule has 2 aromatic rings. The maximum Gasteiger partial charge on any atom is 0.0327 e. The minimum atomic E-state index is -0.0435. The van der Waals surface area contributed by atoms with Gasteiger partial charge in [-0.2, -0.15) is 0 Å². The summed E-state index contributed by atoms with van der Waals surface area (Å²) >= 11 is 0. The SMILES string of the molecule is CC=C1c2cc3c(cc2C(C)(C)C1C)-c1c(cc(C#CC2=CC=CCC2)c2c1=CCCC=2)C3(C)C. The Morgan fingerprint density at radius 3 is 2.31 bits per heavy atom. The van der Waals surface area contributed by atoms with E-state index in [1.807, 2.05) is 0 Å². The lowest BCUT2D eigenvalue weighted by Crippen LogP contribution is -2.33. The number of benzene rings is 2. The van der Waals surface area contributed by atoms with Gasteiger partial charge in [-0.05, 0) is 112 Å². The molecule has 0 amide bonds. The van der Waals surface area contributed by atoms with Gasteiger partial charge in [-0.25, -0.2) is 0 Å². The zero-order chi connectivity index (χ0) is 24.5. The quantitative estimate of drug-likeness (QED) is 0.365. The first-order valence-electron chi connectivity index (χ1n) is 13.4. The van der Waals surface area contributed by atoms with Gasteiger partial charge in [0.25, 0.3) is 0 Å². The third kappa shape index (κ3) is 3.14. The summed E-state index contributed by atoms with van der Waals surface area (Å²) < 4.78 is 0. The van der Waals surface area contributed by atoms with Crippen LogP contribution in [0.3, 0.4) is 0 Å². The van der Waals surface area contributed by atoms with Crippen molar-refractivity contribution in [3.63, 3.8) is 0 Å². The molecule has 0 saturated heterocycles. The topological polar surface area (TPSA) is 0 Å². The summed E-state index contributed by atoms with van der Waals surface area (Å²) in [4.78, 5) is 0. The molecule has 0 heterocycles. The van der Waals surface area contributed by atoms with Crippen LogP contribution >= 0.6 is 0 Å². The van der Waals surface area contributed by atoms with Crippen LogP contribution in [-0.2, 0) is 10.8 Å². The molecular weight excluding hydrogens is 420 g/mol. The van der Waals surface area contributed by atoms with Crippen molar-refractivity contribution in [2.45, 2.75) is 78.1 Å². The molecule has 4 aliphatic rings. The van der Waals surface area contributed by atoms with Crippen LogP contribution in [0.15, 0.2) is 48.1 Å². The smallest absolute Gasteiger partial charge is 0.0327 e. The summed E-state index contributed by atoms with van der Waals surface area (Å²) in [6.07, 6.45) is 18.1. The molecule has 4 aliphatic carbocycles. The van der Waals surface area contributed by atoms with Crippen LogP contribution in [0.5, 0.6) is 0 Å². The highest BCUT2D eigenvalue weighted by Crippen LogP contribution is 2.55. The highest BCUT2D eigenvalue weighted by Gasteiger charge is 2.44. The van der Waals surface area contributed by atoms with Gasteiger partial charge in [0.05, 0.1) is 0 Å². The van der Waals surface area contributed by atoms with E-state index in [-0.39, 0.29) is 10.8 Å². The van der Waals surface area contributed by atoms with E-state index in [0.717, 1.165) is 25.7 Å². The predicted molar refractivity (Wildman–Crippen MR) is 151 cm³/mol. The van der Waals surface area contributed by atoms with E-state index in [1.54, 1.807) is 0 Å². The monoisotopic (exact) mass is 456 g/mol. The summed E-state index contributed by atoms with van der Waals surface area (Å²) in [7, 11) is 0. The summed E-state index contributed by atoms with van der Waals surface area (Å²) in [5.41, 5.74) is 12.8. The standard InChI is InChI=1S/C35H36/c1-7-25-22(2)34(3,4)30-21-29-31(20-28(25)30)35(5,6)32-19-24(18-17-23-13-9-8-10-14-23)26-15-11-12-16-27(26)33(29)32/h7-9,13,15-16,19-22H,10-12,14H2,1-6H3. The molecule has 0 N–H and O–H groups in total. The lowest BCUT2D eigenvalue weighted by molar-refractivity contribution is 0.441. The molecule has 0 radical (unpaired) electrons. The molecule has 0 spiro atoms. The van der Waals surface area contributed by atoms with Crippen LogP contribution in [0.2, 0.25) is 0 Å². The van der Waals surface area contributed by atoms with Crippen molar-refractivity contribution < 1.29 is 0 Å². The van der Waals surface area contributed by atoms with Crippen LogP contribution < -0.4 is 10.4 Å². The average Bonchev–Trinajstić information content (AvgIpc) is 3.20. The van der Waals surface area contributed by atoms with Crippen molar-refractivity contribution in [2.24, 2.45) is 5.92 Å². The molecular formula is C35H36. The van der Waals surface area contributed by atoms with Gasteiger partial charge < -0.3 is 0 Å². The van der Waals surface area contributed by atoms with Crippen molar-refractivity contribution in [3.05, 3.63) is 86.3 Å². The first-order chi connectivity index (χ1) is 16.7. The summed E-state index contributed by atoms with van der Waals surface area (Å²) in [5, 5.41) is 2.76. The van der Waals surface area contributed by atoms with Gasteiger partial charge in [-0.3, -0.25) is 0 Å². The maximum atomic E-state index is 3.60. The molecule has 0 fully saturated rings. The van der Waals surface area contributed by atoms with Crippen molar-refractivity contribution in [2.75, 3.05) is 0 Å². The first-order valence-corrected chi connectivity index (χ1v) is 13.4. The Kier molecular flexibility index (Phi) is 4.95. The molecule has 1 atom stereocenters. The Hall–Kier alpha value is -3.04. The fourth-order valence-electron chi connectivity index (χ4n) is 6.85. The van der Waals surface area contributed by atoms with Crippen LogP contribution in [0, 0.1) is 17.8 Å². The Morgan fingerprint density at radius 2 is 1.60 bits per heavy atom. The van der Waals surface area contributed by atoms with E-state index in [1.165, 1.54) is 60.5 Å². The zero-order valence-electron chi connectivity index (χ0n) is 22.1. The summed E-state index contributed by atoms with van der Waals surface area (Å²) in [6.45, 7) is 14.3. The molecule has 176 valence electrons. The molecule has 2 aromatic carbocycles. The highest BCUT2D eigenvalue weighted by molar-refractivity contribution is 5.88. The number of fused-ring (bicyclic) bond motifs is 6. The third-order valence-corrected chi connectivity index (χ3v) is 9.28. The maximum absolute atomic E-state index is 3.60. The van der Waals surface area contributed by atoms with Crippen LogP contribution in [0.1, 0.15) is 95.0 Å². The molecule has 1 unspecified atom stereocenters. The molecule has 6 rings (SSSR count). The molecule has 0 heteroatoms. The lowest BCUT2D eigenvalue weighted by Gasteiger charge is -2.26. The largest absolute Gasteiger partial charge is 0.0842 e. The lowest BCUT2D eigenvalue weighted by atomic mass is 9.77. The van der Waals surface area contributed by atoms with E-state index >= 15 is 0 Å². The molecule has 0 aliphatic heterocycles.